The molecule has 1 N–H and O–H groups in total. The van der Waals surface area contributed by atoms with Crippen molar-refractivity contribution < 1.29 is 4.79 Å². The van der Waals surface area contributed by atoms with Crippen molar-refractivity contribution in [3.8, 4) is 0 Å². The first-order chi connectivity index (χ1) is 7.70. The van der Waals surface area contributed by atoms with Crippen molar-refractivity contribution in [3.63, 3.8) is 0 Å². The van der Waals surface area contributed by atoms with E-state index in [9.17, 15) is 4.79 Å². The van der Waals surface area contributed by atoms with Gasteiger partial charge in [-0.1, -0.05) is 11.9 Å². The van der Waals surface area contributed by atoms with Crippen LogP contribution in [0, 0.1) is 6.92 Å². The first-order valence-corrected chi connectivity index (χ1v) is 6.51. The molecule has 86 valence electrons. The van der Waals surface area contributed by atoms with Crippen molar-refractivity contribution in [2.45, 2.75) is 19.8 Å². The van der Waals surface area contributed by atoms with Crippen LogP contribution in [0.3, 0.4) is 0 Å². The lowest BCUT2D eigenvalue weighted by Crippen LogP contribution is -2.24. The van der Waals surface area contributed by atoms with Crippen LogP contribution >= 0.6 is 11.9 Å². The molecule has 1 amide bonds. The Kier molecular flexibility index (Phi) is 3.33. The minimum absolute atomic E-state index is 0.174. The molecule has 16 heavy (non-hydrogen) atoms. The van der Waals surface area contributed by atoms with Gasteiger partial charge in [0.25, 0.3) is 0 Å². The molecule has 1 aliphatic rings. The first kappa shape index (κ1) is 11.3. The summed E-state index contributed by atoms with van der Waals surface area (Å²) in [5.41, 5.74) is 1.92. The highest BCUT2D eigenvalue weighted by Gasteiger charge is 2.23. The minimum atomic E-state index is 0.174. The smallest absolute Gasteiger partial charge is 0.228 e. The molecule has 0 bridgehead atoms. The summed E-state index contributed by atoms with van der Waals surface area (Å²) < 4.78 is 3.17. The van der Waals surface area contributed by atoms with Crippen LogP contribution < -0.4 is 9.62 Å². The highest BCUT2D eigenvalue weighted by atomic mass is 32.2. The Morgan fingerprint density at radius 3 is 2.94 bits per heavy atom. The number of aryl methyl sites for hydroxylation is 1. The number of rotatable bonds is 3. The Balaban J connectivity index is 2.29. The average Bonchev–Trinajstić information content (AvgIpc) is 2.64. The highest BCUT2D eigenvalue weighted by molar-refractivity contribution is 7.99. The molecular formula is C11H15N3OS. The first-order valence-electron chi connectivity index (χ1n) is 5.29. The van der Waals surface area contributed by atoms with Crippen molar-refractivity contribution in [1.29, 1.82) is 0 Å². The maximum absolute atomic E-state index is 11.6. The molecule has 1 aromatic heterocycles. The molecule has 0 saturated carbocycles. The summed E-state index contributed by atoms with van der Waals surface area (Å²) in [5.74, 6) is 0.937. The highest BCUT2D eigenvalue weighted by Crippen LogP contribution is 2.24. The van der Waals surface area contributed by atoms with Gasteiger partial charge >= 0.3 is 0 Å². The molecule has 1 fully saturated rings. The summed E-state index contributed by atoms with van der Waals surface area (Å²) in [6.07, 6.45) is 3.54. The van der Waals surface area contributed by atoms with E-state index in [0.717, 1.165) is 30.2 Å². The van der Waals surface area contributed by atoms with Crippen LogP contribution in [0.1, 0.15) is 18.5 Å². The lowest BCUT2D eigenvalue weighted by Gasteiger charge is -2.16. The molecule has 2 rings (SSSR count). The molecule has 1 aromatic rings. The Hall–Kier alpha value is -1.23. The summed E-state index contributed by atoms with van der Waals surface area (Å²) in [7, 11) is 0. The third-order valence-electron chi connectivity index (χ3n) is 2.51. The topological polar surface area (TPSA) is 45.2 Å². The molecule has 2 heterocycles. The van der Waals surface area contributed by atoms with Gasteiger partial charge in [-0.2, -0.15) is 0 Å². The lowest BCUT2D eigenvalue weighted by atomic mass is 10.3. The van der Waals surface area contributed by atoms with Gasteiger partial charge in [-0.15, -0.1) is 0 Å². The van der Waals surface area contributed by atoms with E-state index in [4.69, 9.17) is 0 Å². The van der Waals surface area contributed by atoms with Crippen molar-refractivity contribution in [1.82, 2.24) is 4.98 Å². The minimum Gasteiger partial charge on any atom is -0.330 e. The molecule has 0 radical (unpaired) electrons. The van der Waals surface area contributed by atoms with Crippen LogP contribution in [0.15, 0.2) is 12.1 Å². The number of carbonyl (C=O) groups excluding carboxylic acids is 1. The quantitative estimate of drug-likeness (QED) is 0.819. The molecule has 1 saturated heterocycles. The zero-order valence-electron chi connectivity index (χ0n) is 9.49. The maximum atomic E-state index is 11.6. The van der Waals surface area contributed by atoms with E-state index < -0.39 is 0 Å². The van der Waals surface area contributed by atoms with E-state index in [-0.39, 0.29) is 5.91 Å². The van der Waals surface area contributed by atoms with Gasteiger partial charge in [0, 0.05) is 36.7 Å². The van der Waals surface area contributed by atoms with E-state index in [1.165, 1.54) is 11.9 Å². The Morgan fingerprint density at radius 1 is 1.50 bits per heavy atom. The third kappa shape index (κ3) is 2.29. The summed E-state index contributed by atoms with van der Waals surface area (Å²) in [6, 6.07) is 3.90. The summed E-state index contributed by atoms with van der Waals surface area (Å²) >= 11 is 1.53. The van der Waals surface area contributed by atoms with Crippen LogP contribution in [0.5, 0.6) is 0 Å². The Labute approximate surface area is 99.6 Å². The van der Waals surface area contributed by atoms with Crippen LogP contribution in [-0.4, -0.2) is 23.7 Å². The van der Waals surface area contributed by atoms with E-state index in [1.807, 2.05) is 25.3 Å². The van der Waals surface area contributed by atoms with Gasteiger partial charge in [0.15, 0.2) is 0 Å². The molecular weight excluding hydrogens is 222 g/mol. The van der Waals surface area contributed by atoms with Gasteiger partial charge in [0.2, 0.25) is 5.91 Å². The average molecular weight is 237 g/mol. The molecule has 5 heteroatoms. The van der Waals surface area contributed by atoms with Crippen molar-refractivity contribution in [2.75, 3.05) is 22.4 Å². The maximum Gasteiger partial charge on any atom is 0.228 e. The molecule has 4 nitrogen and oxygen atoms in total. The van der Waals surface area contributed by atoms with Crippen LogP contribution in [0.25, 0.3) is 0 Å². The number of hydrogen-bond donors (Lipinski definition) is 1. The van der Waals surface area contributed by atoms with E-state index >= 15 is 0 Å². The number of hydrogen-bond acceptors (Lipinski definition) is 4. The number of amides is 1. The Morgan fingerprint density at radius 2 is 2.31 bits per heavy atom. The number of pyridine rings is 1. The van der Waals surface area contributed by atoms with Crippen molar-refractivity contribution in [2.24, 2.45) is 0 Å². The zero-order chi connectivity index (χ0) is 11.5. The predicted molar refractivity (Wildman–Crippen MR) is 67.7 cm³/mol. The number of nitrogens with zero attached hydrogens (tertiary/aromatic N) is 2. The monoisotopic (exact) mass is 237 g/mol. The van der Waals surface area contributed by atoms with E-state index in [0.29, 0.717) is 6.42 Å². The van der Waals surface area contributed by atoms with Gasteiger partial charge < -0.3 is 4.72 Å². The molecule has 0 spiro atoms. The second-order valence-electron chi connectivity index (χ2n) is 3.81. The zero-order valence-corrected chi connectivity index (χ0v) is 10.3. The van der Waals surface area contributed by atoms with Gasteiger partial charge in [-0.05, 0) is 19.4 Å². The molecule has 0 aliphatic carbocycles. The van der Waals surface area contributed by atoms with Gasteiger partial charge in [0.05, 0.1) is 0 Å². The standard InChI is InChI=1S/C11H15N3OS/c1-8-6-9(13-16-2)7-10(12-8)14-5-3-4-11(14)15/h6-7H,3-5H2,1-2H3,(H,12,13). The number of aromatic nitrogens is 1. The fraction of sp³-hybridized carbons (Fsp3) is 0.455. The predicted octanol–water partition coefficient (Wildman–Crippen LogP) is 2.21. The molecule has 1 aliphatic heterocycles. The second kappa shape index (κ2) is 4.74. The fourth-order valence-corrected chi connectivity index (χ4v) is 2.21. The summed E-state index contributed by atoms with van der Waals surface area (Å²) in [5, 5.41) is 0. The fourth-order valence-electron chi connectivity index (χ4n) is 1.86. The number of anilines is 2. The van der Waals surface area contributed by atoms with E-state index in [2.05, 4.69) is 9.71 Å². The lowest BCUT2D eigenvalue weighted by molar-refractivity contribution is -0.117. The SMILES string of the molecule is CSNc1cc(C)nc(N2CCCC2=O)c1. The van der Waals surface area contributed by atoms with Gasteiger partial charge in [-0.25, -0.2) is 4.98 Å². The third-order valence-corrected chi connectivity index (χ3v) is 2.95. The molecule has 0 unspecified atom stereocenters. The van der Waals surface area contributed by atoms with Gasteiger partial charge in [0.1, 0.15) is 5.82 Å². The number of carbonyl (C=O) groups is 1. The van der Waals surface area contributed by atoms with Gasteiger partial charge in [-0.3, -0.25) is 9.69 Å². The molecule has 0 aromatic carbocycles. The number of nitrogens with one attached hydrogen (secondary N) is 1. The normalized spacial score (nSPS) is 15.6. The van der Waals surface area contributed by atoms with Crippen molar-refractivity contribution in [3.05, 3.63) is 17.8 Å². The summed E-state index contributed by atoms with van der Waals surface area (Å²) in [4.78, 5) is 17.8. The van der Waals surface area contributed by atoms with Crippen LogP contribution in [0.4, 0.5) is 11.5 Å². The van der Waals surface area contributed by atoms with Crippen molar-refractivity contribution >= 4 is 29.4 Å². The van der Waals surface area contributed by atoms with Crippen LogP contribution in [0.2, 0.25) is 0 Å². The Bertz CT molecular complexity index is 408. The summed E-state index contributed by atoms with van der Waals surface area (Å²) in [6.45, 7) is 2.73. The second-order valence-corrected chi connectivity index (χ2v) is 4.42. The van der Waals surface area contributed by atoms with Crippen LogP contribution in [-0.2, 0) is 4.79 Å². The largest absolute Gasteiger partial charge is 0.330 e. The van der Waals surface area contributed by atoms with E-state index in [1.54, 1.807) is 4.90 Å². The molecule has 0 atom stereocenters.